The van der Waals surface area contributed by atoms with Gasteiger partial charge in [-0.05, 0) is 19.8 Å². The summed E-state index contributed by atoms with van der Waals surface area (Å²) >= 11 is 0. The smallest absolute Gasteiger partial charge is 0.462 e. The summed E-state index contributed by atoms with van der Waals surface area (Å²) in [7, 11) is 1.23. The summed E-state index contributed by atoms with van der Waals surface area (Å²) in [5.74, 6) is -0.345. The summed E-state index contributed by atoms with van der Waals surface area (Å²) in [6.45, 7) is 6.06. The Bertz CT molecular complexity index is 215. The maximum absolute atomic E-state index is 11.0. The number of carbonyl (C=O) groups excluding carboxylic acids is 1. The highest BCUT2D eigenvalue weighted by atomic mass is 28.3. The number of ether oxygens (including phenoxy) is 1. The average Bonchev–Trinajstić information content (AvgIpc) is 2.27. The van der Waals surface area contributed by atoms with Gasteiger partial charge in [0.05, 0.1) is 6.61 Å². The highest BCUT2D eigenvalue weighted by Crippen LogP contribution is 1.97. The Morgan fingerprint density at radius 1 is 1.19 bits per heavy atom. The summed E-state index contributed by atoms with van der Waals surface area (Å²) in [5.41, 5.74) is 0.419. The van der Waals surface area contributed by atoms with Crippen LogP contribution in [0.15, 0.2) is 12.2 Å². The summed E-state index contributed by atoms with van der Waals surface area (Å²) in [4.78, 5) is 11.0. The number of hydrogen-bond donors (Lipinski definition) is 0. The van der Waals surface area contributed by atoms with Crippen LogP contribution in [-0.4, -0.2) is 42.9 Å². The zero-order valence-corrected chi connectivity index (χ0v) is 11.3. The fraction of sp³-hybridized carbons (Fsp3) is 0.700. The molecule has 0 amide bonds. The van der Waals surface area contributed by atoms with Crippen LogP contribution >= 0.6 is 0 Å². The molecule has 6 heteroatoms. The van der Waals surface area contributed by atoms with Crippen molar-refractivity contribution >= 4 is 15.5 Å². The zero-order valence-electron chi connectivity index (χ0n) is 10.2. The zero-order chi connectivity index (χ0) is 12.4. The normalized spacial score (nSPS) is 10.5. The van der Waals surface area contributed by atoms with Gasteiger partial charge in [0.15, 0.2) is 0 Å². The molecule has 0 fully saturated rings. The molecular formula is C10H20O5Si. The van der Waals surface area contributed by atoms with Crippen LogP contribution in [0.25, 0.3) is 0 Å². The average molecular weight is 248 g/mol. The van der Waals surface area contributed by atoms with Crippen LogP contribution in [0.3, 0.4) is 0 Å². The number of esters is 1. The molecular weight excluding hydrogens is 228 g/mol. The van der Waals surface area contributed by atoms with E-state index in [9.17, 15) is 4.79 Å². The Kier molecular flexibility index (Phi) is 9.11. The molecule has 0 aromatic rings. The molecule has 0 heterocycles. The van der Waals surface area contributed by atoms with Crippen molar-refractivity contribution in [1.82, 2.24) is 0 Å². The monoisotopic (exact) mass is 248 g/mol. The van der Waals surface area contributed by atoms with Gasteiger partial charge in [0, 0.05) is 26.4 Å². The Morgan fingerprint density at radius 2 is 1.75 bits per heavy atom. The third-order valence-electron chi connectivity index (χ3n) is 1.76. The first kappa shape index (κ1) is 15.3. The first-order valence-electron chi connectivity index (χ1n) is 5.11. The van der Waals surface area contributed by atoms with Gasteiger partial charge >= 0.3 is 15.5 Å². The lowest BCUT2D eigenvalue weighted by Crippen LogP contribution is -2.24. The number of carbonyl (C=O) groups is 1. The van der Waals surface area contributed by atoms with Crippen LogP contribution in [0.5, 0.6) is 0 Å². The fourth-order valence-corrected chi connectivity index (χ4v) is 1.73. The quantitative estimate of drug-likeness (QED) is 0.263. The maximum atomic E-state index is 11.0. The Balaban J connectivity index is 3.34. The van der Waals surface area contributed by atoms with Gasteiger partial charge in [-0.2, -0.15) is 0 Å². The van der Waals surface area contributed by atoms with E-state index in [1.807, 2.05) is 0 Å². The van der Waals surface area contributed by atoms with E-state index in [-0.39, 0.29) is 5.97 Å². The van der Waals surface area contributed by atoms with Crippen molar-refractivity contribution in [3.05, 3.63) is 12.2 Å². The minimum Gasteiger partial charge on any atom is -0.462 e. The van der Waals surface area contributed by atoms with E-state index in [2.05, 4.69) is 6.58 Å². The lowest BCUT2D eigenvalue weighted by Gasteiger charge is -2.11. The Labute approximate surface area is 98.3 Å². The molecule has 0 unspecified atom stereocenters. The van der Waals surface area contributed by atoms with E-state index >= 15 is 0 Å². The maximum Gasteiger partial charge on any atom is 0.483 e. The van der Waals surface area contributed by atoms with Gasteiger partial charge in [-0.1, -0.05) is 6.58 Å². The second kappa shape index (κ2) is 9.53. The van der Waals surface area contributed by atoms with E-state index in [1.54, 1.807) is 21.1 Å². The predicted octanol–water partition coefficient (Wildman–Crippen LogP) is 0.912. The molecule has 0 radical (unpaired) electrons. The number of hydrogen-bond acceptors (Lipinski definition) is 5. The summed E-state index contributed by atoms with van der Waals surface area (Å²) < 4.78 is 20.2. The molecule has 0 spiro atoms. The van der Waals surface area contributed by atoms with Crippen LogP contribution in [-0.2, 0) is 22.8 Å². The van der Waals surface area contributed by atoms with Crippen LogP contribution in [0.1, 0.15) is 19.8 Å². The molecule has 0 saturated heterocycles. The number of rotatable bonds is 9. The third-order valence-corrected chi connectivity index (χ3v) is 3.04. The molecule has 0 aliphatic heterocycles. The Morgan fingerprint density at radius 3 is 2.25 bits per heavy atom. The molecule has 0 aromatic carbocycles. The second-order valence-electron chi connectivity index (χ2n) is 3.25. The SMILES string of the molecule is C=C(C)C(=O)OCCCCO[SiH](OC)OC. The van der Waals surface area contributed by atoms with E-state index in [0.717, 1.165) is 12.8 Å². The Hall–Kier alpha value is -0.693. The summed E-state index contributed by atoms with van der Waals surface area (Å²) in [6.07, 6.45) is 1.56. The molecule has 0 saturated carbocycles. The minimum absolute atomic E-state index is 0.345. The molecule has 0 aliphatic rings. The lowest BCUT2D eigenvalue weighted by atomic mass is 10.3. The van der Waals surface area contributed by atoms with Crippen molar-refractivity contribution in [3.8, 4) is 0 Å². The fourth-order valence-electron chi connectivity index (χ4n) is 0.904. The topological polar surface area (TPSA) is 54.0 Å². The van der Waals surface area contributed by atoms with Crippen molar-refractivity contribution in [2.24, 2.45) is 0 Å². The predicted molar refractivity (Wildman–Crippen MR) is 62.1 cm³/mol. The van der Waals surface area contributed by atoms with Crippen molar-refractivity contribution in [2.45, 2.75) is 19.8 Å². The molecule has 16 heavy (non-hydrogen) atoms. The molecule has 94 valence electrons. The van der Waals surface area contributed by atoms with Gasteiger partial charge in [0.25, 0.3) is 0 Å². The van der Waals surface area contributed by atoms with Crippen molar-refractivity contribution in [1.29, 1.82) is 0 Å². The van der Waals surface area contributed by atoms with Gasteiger partial charge in [-0.15, -0.1) is 0 Å². The van der Waals surface area contributed by atoms with E-state index < -0.39 is 9.53 Å². The first-order valence-corrected chi connectivity index (χ1v) is 6.53. The van der Waals surface area contributed by atoms with Gasteiger partial charge in [0.1, 0.15) is 0 Å². The molecule has 0 bridgehead atoms. The lowest BCUT2D eigenvalue weighted by molar-refractivity contribution is -0.139. The molecule has 0 rings (SSSR count). The van der Waals surface area contributed by atoms with Gasteiger partial charge in [-0.3, -0.25) is 0 Å². The van der Waals surface area contributed by atoms with E-state index in [4.69, 9.17) is 18.0 Å². The van der Waals surface area contributed by atoms with Crippen molar-refractivity contribution < 1.29 is 22.8 Å². The van der Waals surface area contributed by atoms with Gasteiger partial charge < -0.3 is 18.0 Å². The van der Waals surface area contributed by atoms with E-state index in [0.29, 0.717) is 18.8 Å². The van der Waals surface area contributed by atoms with Crippen LogP contribution < -0.4 is 0 Å². The minimum atomic E-state index is -1.90. The van der Waals surface area contributed by atoms with Crippen LogP contribution in [0.2, 0.25) is 0 Å². The van der Waals surface area contributed by atoms with E-state index in [1.165, 1.54) is 0 Å². The van der Waals surface area contributed by atoms with Crippen molar-refractivity contribution in [3.63, 3.8) is 0 Å². The van der Waals surface area contributed by atoms with Crippen LogP contribution in [0, 0.1) is 0 Å². The molecule has 0 atom stereocenters. The second-order valence-corrected chi connectivity index (χ2v) is 5.11. The highest BCUT2D eigenvalue weighted by molar-refractivity contribution is 6.36. The standard InChI is InChI=1S/C10H20O5Si/c1-9(2)10(11)14-7-5-6-8-15-16(12-3)13-4/h16H,1,5-8H2,2-4H3. The molecule has 0 N–H and O–H groups in total. The molecule has 0 aliphatic carbocycles. The third kappa shape index (κ3) is 7.58. The molecule has 0 aromatic heterocycles. The summed E-state index contributed by atoms with van der Waals surface area (Å²) in [5, 5.41) is 0. The summed E-state index contributed by atoms with van der Waals surface area (Å²) in [6, 6.07) is 0. The highest BCUT2D eigenvalue weighted by Gasteiger charge is 2.09. The van der Waals surface area contributed by atoms with Crippen LogP contribution in [0.4, 0.5) is 0 Å². The van der Waals surface area contributed by atoms with Gasteiger partial charge in [-0.25, -0.2) is 4.79 Å². The largest absolute Gasteiger partial charge is 0.483 e. The molecule has 5 nitrogen and oxygen atoms in total. The van der Waals surface area contributed by atoms with Crippen molar-refractivity contribution in [2.75, 3.05) is 27.4 Å². The first-order chi connectivity index (χ1) is 7.61. The number of unbranched alkanes of at least 4 members (excludes halogenated alkanes) is 1. The van der Waals surface area contributed by atoms with Gasteiger partial charge in [0.2, 0.25) is 0 Å².